The van der Waals surface area contributed by atoms with Gasteiger partial charge in [-0.25, -0.2) is 0 Å². The van der Waals surface area contributed by atoms with Crippen molar-refractivity contribution in [2.45, 2.75) is 51.7 Å². The second kappa shape index (κ2) is 8.63. The first-order valence-electron chi connectivity index (χ1n) is 9.31. The van der Waals surface area contributed by atoms with Crippen LogP contribution in [0.3, 0.4) is 0 Å². The first-order valence-corrected chi connectivity index (χ1v) is 10.1. The predicted octanol–water partition coefficient (Wildman–Crippen LogP) is 3.67. The molecule has 0 amide bonds. The Hall–Kier alpha value is -2.56. The van der Waals surface area contributed by atoms with Crippen molar-refractivity contribution < 1.29 is 9.53 Å². The maximum absolute atomic E-state index is 11.4. The Morgan fingerprint density at radius 1 is 1.43 bits per heavy atom. The number of benzene rings is 1. The van der Waals surface area contributed by atoms with Gasteiger partial charge in [0, 0.05) is 28.8 Å². The molecule has 2 heterocycles. The Balaban J connectivity index is 2.11. The van der Waals surface area contributed by atoms with Crippen molar-refractivity contribution >= 4 is 23.5 Å². The zero-order valence-corrected chi connectivity index (χ0v) is 17.2. The molecule has 1 aliphatic rings. The number of nitriles is 1. The maximum Gasteiger partial charge on any atom is 0.207 e. The lowest BCUT2D eigenvalue weighted by Gasteiger charge is -2.15. The summed E-state index contributed by atoms with van der Waals surface area (Å²) in [5.74, 6) is 0.244. The third kappa shape index (κ3) is 4.64. The Labute approximate surface area is 168 Å². The van der Waals surface area contributed by atoms with E-state index in [0.717, 1.165) is 30.5 Å². The van der Waals surface area contributed by atoms with Crippen LogP contribution in [0, 0.1) is 11.5 Å². The molecule has 1 aliphatic heterocycles. The van der Waals surface area contributed by atoms with Crippen molar-refractivity contribution in [1.29, 1.82) is 5.26 Å². The summed E-state index contributed by atoms with van der Waals surface area (Å²) in [7, 11) is 0. The van der Waals surface area contributed by atoms with E-state index in [1.54, 1.807) is 35.6 Å². The van der Waals surface area contributed by atoms with Crippen LogP contribution in [-0.2, 0) is 16.7 Å². The topological polar surface area (TPSA) is 79.7 Å². The molecule has 3 rings (SSSR count). The van der Waals surface area contributed by atoms with E-state index in [2.05, 4.69) is 36.5 Å². The van der Waals surface area contributed by atoms with Crippen molar-refractivity contribution in [2.75, 3.05) is 6.61 Å². The second-order valence-electron chi connectivity index (χ2n) is 7.77. The fourth-order valence-electron chi connectivity index (χ4n) is 3.04. The molecule has 28 heavy (non-hydrogen) atoms. The largest absolute Gasteiger partial charge is 0.376 e. The zero-order valence-electron chi connectivity index (χ0n) is 16.4. The highest BCUT2D eigenvalue weighted by atomic mass is 32.1. The van der Waals surface area contributed by atoms with Crippen molar-refractivity contribution in [1.82, 2.24) is 4.57 Å². The van der Waals surface area contributed by atoms with Gasteiger partial charge in [-0.3, -0.25) is 4.79 Å². The highest BCUT2D eigenvalue weighted by Gasteiger charge is 2.21. The van der Waals surface area contributed by atoms with Crippen LogP contribution in [0.15, 0.2) is 40.4 Å². The summed E-state index contributed by atoms with van der Waals surface area (Å²) in [6.45, 7) is 7.98. The summed E-state index contributed by atoms with van der Waals surface area (Å²) in [6.07, 6.45) is 6.95. The summed E-state index contributed by atoms with van der Waals surface area (Å²) in [5, 5.41) is 9.16. The number of carbonyl (C=O) groups is 1. The molecule has 1 aromatic heterocycles. The van der Waals surface area contributed by atoms with Gasteiger partial charge >= 0.3 is 0 Å². The Kier molecular flexibility index (Phi) is 6.22. The third-order valence-corrected chi connectivity index (χ3v) is 6.02. The van der Waals surface area contributed by atoms with Gasteiger partial charge in [0.2, 0.25) is 6.19 Å². The van der Waals surface area contributed by atoms with Gasteiger partial charge < -0.3 is 9.30 Å². The average Bonchev–Trinajstić information content (AvgIpc) is 3.32. The van der Waals surface area contributed by atoms with Gasteiger partial charge in [0.1, 0.15) is 0 Å². The van der Waals surface area contributed by atoms with Gasteiger partial charge in [-0.05, 0) is 18.3 Å². The first-order chi connectivity index (χ1) is 13.4. The standard InChI is InChI=1S/C21H24N4O2S/c1-21(2,3)18-12-25(11-16-8-6-10-27-16)20(28-18)24-19(23-14-22)17-9-5-4-7-15(17)13-26/h4-5,7,9,12-13,16H,6,8,10-11H2,1-3H3/b23-19?,24-20-/t16-/m1/s1. The quantitative estimate of drug-likeness (QED) is 0.342. The fourth-order valence-corrected chi connectivity index (χ4v) is 4.10. The highest BCUT2D eigenvalue weighted by Crippen LogP contribution is 2.25. The van der Waals surface area contributed by atoms with Gasteiger partial charge in [0.15, 0.2) is 16.9 Å². The minimum atomic E-state index is -0.0239. The van der Waals surface area contributed by atoms with E-state index >= 15 is 0 Å². The van der Waals surface area contributed by atoms with E-state index < -0.39 is 0 Å². The number of hydrogen-bond donors (Lipinski definition) is 0. The lowest BCUT2D eigenvalue weighted by molar-refractivity contribution is 0.0963. The molecule has 1 saturated heterocycles. The van der Waals surface area contributed by atoms with E-state index in [0.29, 0.717) is 17.7 Å². The maximum atomic E-state index is 11.4. The first kappa shape index (κ1) is 20.2. The minimum Gasteiger partial charge on any atom is -0.376 e. The highest BCUT2D eigenvalue weighted by molar-refractivity contribution is 7.09. The fraction of sp³-hybridized carbons (Fsp3) is 0.429. The third-order valence-electron chi connectivity index (χ3n) is 4.57. The van der Waals surface area contributed by atoms with Crippen LogP contribution in [0.1, 0.15) is 54.4 Å². The molecule has 6 nitrogen and oxygen atoms in total. The van der Waals surface area contributed by atoms with Crippen LogP contribution in [0.25, 0.3) is 0 Å². The number of thiazole rings is 1. The van der Waals surface area contributed by atoms with Crippen LogP contribution in [0.4, 0.5) is 0 Å². The Morgan fingerprint density at radius 2 is 2.21 bits per heavy atom. The second-order valence-corrected chi connectivity index (χ2v) is 8.78. The van der Waals surface area contributed by atoms with Crippen LogP contribution < -0.4 is 4.80 Å². The summed E-state index contributed by atoms with van der Waals surface area (Å²) in [5.41, 5.74) is 0.983. The summed E-state index contributed by atoms with van der Waals surface area (Å²) >= 11 is 1.57. The van der Waals surface area contributed by atoms with Crippen molar-refractivity contribution in [3.63, 3.8) is 0 Å². The van der Waals surface area contributed by atoms with Crippen LogP contribution in [-0.4, -0.2) is 29.4 Å². The number of aliphatic imine (C=N–C) groups is 1. The van der Waals surface area contributed by atoms with Crippen LogP contribution in [0.2, 0.25) is 0 Å². The summed E-state index contributed by atoms with van der Waals surface area (Å²) < 4.78 is 7.87. The van der Waals surface area contributed by atoms with E-state index in [-0.39, 0.29) is 17.4 Å². The van der Waals surface area contributed by atoms with Crippen molar-refractivity contribution in [2.24, 2.45) is 9.98 Å². The molecular formula is C21H24N4O2S. The lowest BCUT2D eigenvalue weighted by atomic mass is 9.95. The molecule has 7 heteroatoms. The normalized spacial score (nSPS) is 18.3. The number of hydrogen-bond acceptors (Lipinski definition) is 5. The van der Waals surface area contributed by atoms with Crippen molar-refractivity contribution in [3.8, 4) is 6.19 Å². The summed E-state index contributed by atoms with van der Waals surface area (Å²) in [6, 6.07) is 7.03. The van der Waals surface area contributed by atoms with Gasteiger partial charge in [0.05, 0.1) is 12.6 Å². The minimum absolute atomic E-state index is 0.0239. The number of nitrogens with zero attached hydrogens (tertiary/aromatic N) is 4. The number of aldehydes is 1. The molecule has 0 radical (unpaired) electrons. The number of ether oxygens (including phenoxy) is 1. The molecule has 2 aromatic rings. The van der Waals surface area contributed by atoms with Gasteiger partial charge in [-0.1, -0.05) is 45.0 Å². The number of amidine groups is 1. The predicted molar refractivity (Wildman–Crippen MR) is 110 cm³/mol. The molecule has 146 valence electrons. The molecule has 0 bridgehead atoms. The van der Waals surface area contributed by atoms with Gasteiger partial charge in [-0.15, -0.1) is 11.3 Å². The van der Waals surface area contributed by atoms with Crippen LogP contribution in [0.5, 0.6) is 0 Å². The monoisotopic (exact) mass is 396 g/mol. The molecule has 1 aromatic carbocycles. The summed E-state index contributed by atoms with van der Waals surface area (Å²) in [4.78, 5) is 22.0. The molecule has 0 unspecified atom stereocenters. The molecule has 0 saturated carbocycles. The average molecular weight is 397 g/mol. The molecule has 0 spiro atoms. The molecular weight excluding hydrogens is 372 g/mol. The smallest absolute Gasteiger partial charge is 0.207 e. The SMILES string of the molecule is CC(C)(C)c1cn(C[C@H]2CCCO2)/c(=N/C(=NC#N)c2ccccc2C=O)s1. The van der Waals surface area contributed by atoms with Gasteiger partial charge in [0.25, 0.3) is 0 Å². The van der Waals surface area contributed by atoms with E-state index in [9.17, 15) is 4.79 Å². The molecule has 0 aliphatic carbocycles. The lowest BCUT2D eigenvalue weighted by Crippen LogP contribution is -2.23. The Morgan fingerprint density at radius 3 is 2.86 bits per heavy atom. The van der Waals surface area contributed by atoms with Crippen LogP contribution >= 0.6 is 11.3 Å². The number of rotatable bonds is 4. The van der Waals surface area contributed by atoms with Crippen molar-refractivity contribution in [3.05, 3.63) is 51.3 Å². The Bertz CT molecular complexity index is 983. The molecule has 0 N–H and O–H groups in total. The molecule has 1 fully saturated rings. The number of aromatic nitrogens is 1. The molecule has 1 atom stereocenters. The van der Waals surface area contributed by atoms with E-state index in [1.807, 2.05) is 6.19 Å². The van der Waals surface area contributed by atoms with E-state index in [1.165, 1.54) is 4.88 Å². The zero-order chi connectivity index (χ0) is 20.1. The van der Waals surface area contributed by atoms with Gasteiger partial charge in [-0.2, -0.15) is 15.2 Å². The van der Waals surface area contributed by atoms with E-state index in [4.69, 9.17) is 15.0 Å². The number of carbonyl (C=O) groups excluding carboxylic acids is 1.